The number of carbonyl (C=O) groups excluding carboxylic acids is 1. The summed E-state index contributed by atoms with van der Waals surface area (Å²) in [5, 5.41) is 14.4. The summed E-state index contributed by atoms with van der Waals surface area (Å²) in [7, 11) is 0. The summed E-state index contributed by atoms with van der Waals surface area (Å²) in [5.74, 6) is 0. The van der Waals surface area contributed by atoms with Crippen LogP contribution in [-0.2, 0) is 6.42 Å². The second kappa shape index (κ2) is 7.13. The number of carbonyl (C=O) groups is 1. The molecule has 10 heteroatoms. The molecule has 0 fully saturated rings. The number of imidazole rings is 1. The van der Waals surface area contributed by atoms with Crippen LogP contribution in [0.4, 0.5) is 9.93 Å². The maximum atomic E-state index is 13.1. The fourth-order valence-corrected chi connectivity index (χ4v) is 4.79. The Morgan fingerprint density at radius 3 is 3.00 bits per heavy atom. The van der Waals surface area contributed by atoms with E-state index in [1.165, 1.54) is 11.3 Å². The lowest BCUT2D eigenvalue weighted by Crippen LogP contribution is -2.43. The monoisotopic (exact) mass is 409 g/mol. The van der Waals surface area contributed by atoms with Crippen LogP contribution in [0.25, 0.3) is 9.88 Å². The number of hydrogen-bond acceptors (Lipinski definition) is 7. The lowest BCUT2D eigenvalue weighted by Gasteiger charge is -2.34. The molecule has 0 aromatic carbocycles. The van der Waals surface area contributed by atoms with E-state index >= 15 is 0 Å². The Balaban J connectivity index is 1.42. The van der Waals surface area contributed by atoms with Crippen LogP contribution in [0, 0.1) is 0 Å². The molecule has 8 nitrogen and oxygen atoms in total. The predicted octanol–water partition coefficient (Wildman–Crippen LogP) is 3.56. The minimum absolute atomic E-state index is 0.238. The van der Waals surface area contributed by atoms with Gasteiger partial charge in [0.2, 0.25) is 5.13 Å². The zero-order valence-electron chi connectivity index (χ0n) is 14.6. The number of thiophene rings is 1. The van der Waals surface area contributed by atoms with Gasteiger partial charge in [0.1, 0.15) is 6.04 Å². The summed E-state index contributed by atoms with van der Waals surface area (Å²) < 4.78 is 0. The van der Waals surface area contributed by atoms with Gasteiger partial charge in [-0.15, -0.1) is 21.5 Å². The molecule has 0 saturated carbocycles. The number of H-pyrrole nitrogens is 1. The molecule has 2 N–H and O–H groups in total. The van der Waals surface area contributed by atoms with Crippen LogP contribution in [0.3, 0.4) is 0 Å². The summed E-state index contributed by atoms with van der Waals surface area (Å²) in [6.07, 6.45) is 4.10. The van der Waals surface area contributed by atoms with Crippen molar-refractivity contribution < 1.29 is 4.79 Å². The molecule has 5 heterocycles. The molecule has 0 radical (unpaired) electrons. The maximum absolute atomic E-state index is 13.1. The quantitative estimate of drug-likeness (QED) is 0.539. The highest BCUT2D eigenvalue weighted by Crippen LogP contribution is 2.34. The molecule has 4 aromatic heterocycles. The first-order chi connectivity index (χ1) is 13.8. The number of pyridine rings is 1. The van der Waals surface area contributed by atoms with Crippen molar-refractivity contribution in [3.8, 4) is 9.88 Å². The highest BCUT2D eigenvalue weighted by molar-refractivity contribution is 7.23. The van der Waals surface area contributed by atoms with Crippen LogP contribution in [0.1, 0.15) is 23.1 Å². The van der Waals surface area contributed by atoms with Gasteiger partial charge in [-0.3, -0.25) is 10.3 Å². The van der Waals surface area contributed by atoms with E-state index in [9.17, 15) is 4.79 Å². The van der Waals surface area contributed by atoms with E-state index in [2.05, 4.69) is 30.5 Å². The number of aromatic nitrogens is 5. The zero-order chi connectivity index (χ0) is 18.9. The molecular weight excluding hydrogens is 394 g/mol. The van der Waals surface area contributed by atoms with Crippen LogP contribution in [0.2, 0.25) is 0 Å². The highest BCUT2D eigenvalue weighted by Gasteiger charge is 2.35. The second-order valence-corrected chi connectivity index (χ2v) is 8.11. The number of amides is 2. The van der Waals surface area contributed by atoms with Gasteiger partial charge in [0.05, 0.1) is 22.6 Å². The number of urea groups is 1. The molecule has 140 valence electrons. The smallest absolute Gasteiger partial charge is 0.324 e. The molecule has 1 aliphatic rings. The van der Waals surface area contributed by atoms with Crippen molar-refractivity contribution in [1.82, 2.24) is 30.0 Å². The molecule has 28 heavy (non-hydrogen) atoms. The lowest BCUT2D eigenvalue weighted by molar-refractivity contribution is 0.191. The van der Waals surface area contributed by atoms with Gasteiger partial charge in [0.15, 0.2) is 5.01 Å². The van der Waals surface area contributed by atoms with Gasteiger partial charge in [0.25, 0.3) is 0 Å². The van der Waals surface area contributed by atoms with Crippen molar-refractivity contribution in [1.29, 1.82) is 0 Å². The molecule has 0 bridgehead atoms. The van der Waals surface area contributed by atoms with Crippen molar-refractivity contribution >= 4 is 33.8 Å². The number of nitrogens with zero attached hydrogens (tertiary/aromatic N) is 5. The molecule has 1 aliphatic heterocycles. The summed E-state index contributed by atoms with van der Waals surface area (Å²) in [4.78, 5) is 27.9. The molecule has 5 rings (SSSR count). The Morgan fingerprint density at radius 1 is 1.21 bits per heavy atom. The van der Waals surface area contributed by atoms with Gasteiger partial charge in [-0.05, 0) is 23.6 Å². The largest absolute Gasteiger partial charge is 0.348 e. The van der Waals surface area contributed by atoms with Crippen LogP contribution in [-0.4, -0.2) is 42.6 Å². The summed E-state index contributed by atoms with van der Waals surface area (Å²) >= 11 is 2.95. The number of nitrogens with one attached hydrogen (secondary N) is 2. The summed E-state index contributed by atoms with van der Waals surface area (Å²) in [6, 6.07) is 9.05. The van der Waals surface area contributed by atoms with Gasteiger partial charge in [0, 0.05) is 24.9 Å². The first-order valence-corrected chi connectivity index (χ1v) is 10.4. The molecule has 1 atom stereocenters. The van der Waals surface area contributed by atoms with Crippen LogP contribution in [0.15, 0.2) is 48.2 Å². The minimum atomic E-state index is -0.346. The number of fused-ring (bicyclic) bond motifs is 1. The Hall–Kier alpha value is -3.11. The van der Waals surface area contributed by atoms with Gasteiger partial charge >= 0.3 is 6.03 Å². The third-order valence-corrected chi connectivity index (χ3v) is 6.40. The van der Waals surface area contributed by atoms with Gasteiger partial charge in [-0.25, -0.2) is 9.78 Å². The molecule has 2 amide bonds. The van der Waals surface area contributed by atoms with Crippen LogP contribution in [0.5, 0.6) is 0 Å². The highest BCUT2D eigenvalue weighted by atomic mass is 32.1. The molecule has 4 aromatic rings. The first-order valence-electron chi connectivity index (χ1n) is 8.67. The topological polar surface area (TPSA) is 99.7 Å². The molecule has 0 aliphatic carbocycles. The average Bonchev–Trinajstić information content (AvgIpc) is 3.48. The van der Waals surface area contributed by atoms with Crippen molar-refractivity contribution in [2.24, 2.45) is 0 Å². The van der Waals surface area contributed by atoms with E-state index in [1.54, 1.807) is 28.8 Å². The maximum Gasteiger partial charge on any atom is 0.324 e. The zero-order valence-corrected chi connectivity index (χ0v) is 16.2. The van der Waals surface area contributed by atoms with E-state index in [0.717, 1.165) is 27.0 Å². The average molecular weight is 410 g/mol. The first kappa shape index (κ1) is 17.0. The van der Waals surface area contributed by atoms with Crippen LogP contribution >= 0.6 is 22.7 Å². The third-order valence-electron chi connectivity index (χ3n) is 4.52. The fraction of sp³-hybridized carbons (Fsp3) is 0.167. The Kier molecular flexibility index (Phi) is 4.34. The fourth-order valence-electron chi connectivity index (χ4n) is 3.27. The third kappa shape index (κ3) is 3.06. The Morgan fingerprint density at radius 2 is 2.18 bits per heavy atom. The number of hydrogen-bond donors (Lipinski definition) is 2. The molecule has 0 saturated heterocycles. The summed E-state index contributed by atoms with van der Waals surface area (Å²) in [5.41, 5.74) is 2.65. The van der Waals surface area contributed by atoms with Crippen molar-refractivity contribution in [2.45, 2.75) is 12.5 Å². The summed E-state index contributed by atoms with van der Waals surface area (Å²) in [6.45, 7) is 0.554. The van der Waals surface area contributed by atoms with Gasteiger partial charge < -0.3 is 9.88 Å². The number of aromatic amines is 1. The lowest BCUT2D eigenvalue weighted by atomic mass is 10.00. The van der Waals surface area contributed by atoms with E-state index in [0.29, 0.717) is 18.1 Å². The van der Waals surface area contributed by atoms with Crippen molar-refractivity contribution in [2.75, 3.05) is 11.9 Å². The van der Waals surface area contributed by atoms with Crippen LogP contribution < -0.4 is 5.32 Å². The molecule has 0 unspecified atom stereocenters. The Labute approximate surface area is 168 Å². The SMILES string of the molecule is O=C(Nc1nnc(-c2cccs2)s1)N1CCc2[nH]cnc2[C@H]1c1ccccn1. The van der Waals surface area contributed by atoms with E-state index < -0.39 is 0 Å². The predicted molar refractivity (Wildman–Crippen MR) is 107 cm³/mol. The normalized spacial score (nSPS) is 16.0. The minimum Gasteiger partial charge on any atom is -0.348 e. The number of anilines is 1. The van der Waals surface area contributed by atoms with E-state index in [1.807, 2.05) is 35.7 Å². The van der Waals surface area contributed by atoms with E-state index in [4.69, 9.17) is 0 Å². The van der Waals surface area contributed by atoms with Crippen molar-refractivity contribution in [3.63, 3.8) is 0 Å². The molecular formula is C18H15N7OS2. The molecule has 0 spiro atoms. The van der Waals surface area contributed by atoms with Gasteiger partial charge in [-0.1, -0.05) is 23.5 Å². The number of rotatable bonds is 3. The second-order valence-electron chi connectivity index (χ2n) is 6.19. The van der Waals surface area contributed by atoms with Gasteiger partial charge in [-0.2, -0.15) is 0 Å². The Bertz CT molecular complexity index is 1090. The van der Waals surface area contributed by atoms with E-state index in [-0.39, 0.29) is 12.1 Å². The van der Waals surface area contributed by atoms with Crippen molar-refractivity contribution in [3.05, 3.63) is 65.3 Å². The standard InChI is InChI=1S/C18H15N7OS2/c26-18(22-17-24-23-16(28-17)13-5-3-9-27-13)25-8-6-11-14(21-10-20-11)15(25)12-4-1-2-7-19-12/h1-5,7,9-10,15H,6,8H2,(H,20,21)(H,22,24,26)/t15-/m1/s1.